The minimum absolute atomic E-state index is 0.0123. The Bertz CT molecular complexity index is 1050. The van der Waals surface area contributed by atoms with Crippen molar-refractivity contribution < 1.29 is 22.7 Å². The van der Waals surface area contributed by atoms with Gasteiger partial charge < -0.3 is 4.74 Å². The van der Waals surface area contributed by atoms with Crippen LogP contribution in [0.15, 0.2) is 30.3 Å². The third kappa shape index (κ3) is 3.82. The van der Waals surface area contributed by atoms with E-state index in [1.54, 1.807) is 6.07 Å². The number of hydrogen-bond donors (Lipinski definition) is 0. The van der Waals surface area contributed by atoms with Gasteiger partial charge in [0.25, 0.3) is 0 Å². The third-order valence-electron chi connectivity index (χ3n) is 4.64. The number of para-hydroxylation sites is 1. The molecule has 1 aromatic heterocycles. The van der Waals surface area contributed by atoms with Gasteiger partial charge in [0, 0.05) is 5.56 Å². The Kier molecular flexibility index (Phi) is 6.14. The lowest BCUT2D eigenvalue weighted by atomic mass is 10.1. The van der Waals surface area contributed by atoms with Gasteiger partial charge in [0.15, 0.2) is 17.9 Å². The molecule has 0 fully saturated rings. The van der Waals surface area contributed by atoms with E-state index in [2.05, 4.69) is 9.72 Å². The Hall–Kier alpha value is -2.58. The maximum absolute atomic E-state index is 15.1. The molecule has 0 aliphatic carbocycles. The van der Waals surface area contributed by atoms with Gasteiger partial charge in [-0.3, -0.25) is 14.3 Å². The van der Waals surface area contributed by atoms with Crippen LogP contribution < -0.4 is 4.74 Å². The Balaban J connectivity index is 2.48. The fourth-order valence-corrected chi connectivity index (χ4v) is 3.57. The fourth-order valence-electron chi connectivity index (χ4n) is 3.41. The van der Waals surface area contributed by atoms with Crippen LogP contribution in [0.4, 0.5) is 13.2 Å². The Morgan fingerprint density at radius 2 is 2.00 bits per heavy atom. The highest BCUT2D eigenvalue weighted by Crippen LogP contribution is 2.37. The number of imidazole rings is 1. The largest absolute Gasteiger partial charge is 0.433 e. The molecule has 0 aliphatic heterocycles. The molecule has 0 spiro atoms. The van der Waals surface area contributed by atoms with Gasteiger partial charge in [-0.15, -0.1) is 0 Å². The van der Waals surface area contributed by atoms with Crippen molar-refractivity contribution in [3.8, 4) is 11.4 Å². The van der Waals surface area contributed by atoms with Crippen LogP contribution in [0, 0.1) is 5.82 Å². The van der Waals surface area contributed by atoms with E-state index in [-0.39, 0.29) is 39.1 Å². The van der Waals surface area contributed by atoms with Crippen molar-refractivity contribution in [1.29, 1.82) is 0 Å². The molecule has 154 valence electrons. The van der Waals surface area contributed by atoms with Crippen molar-refractivity contribution in [2.75, 3.05) is 14.1 Å². The molecule has 0 radical (unpaired) electrons. The number of benzene rings is 2. The number of halogens is 4. The van der Waals surface area contributed by atoms with E-state index < -0.39 is 12.4 Å². The average molecular weight is 426 g/mol. The zero-order valence-electron chi connectivity index (χ0n) is 16.0. The molecular weight excluding hydrogens is 407 g/mol. The zero-order chi connectivity index (χ0) is 21.3. The first-order chi connectivity index (χ1) is 13.8. The summed E-state index contributed by atoms with van der Waals surface area (Å²) in [6.45, 7) is -1.21. The number of alkyl halides is 2. The highest BCUT2D eigenvalue weighted by molar-refractivity contribution is 6.31. The van der Waals surface area contributed by atoms with Gasteiger partial charge in [-0.2, -0.15) is 8.78 Å². The van der Waals surface area contributed by atoms with Crippen molar-refractivity contribution in [2.24, 2.45) is 0 Å². The number of ether oxygens (including phenoxy) is 1. The lowest BCUT2D eigenvalue weighted by Gasteiger charge is -2.25. The van der Waals surface area contributed by atoms with Crippen molar-refractivity contribution in [1.82, 2.24) is 14.5 Å². The first kappa shape index (κ1) is 21.1. The zero-order valence-corrected chi connectivity index (χ0v) is 16.8. The molecule has 1 unspecified atom stereocenters. The fraction of sp³-hybridized carbons (Fsp3) is 0.300. The Morgan fingerprint density at radius 3 is 2.59 bits per heavy atom. The van der Waals surface area contributed by atoms with Gasteiger partial charge in [-0.25, -0.2) is 9.37 Å². The molecule has 3 rings (SSSR count). The predicted molar refractivity (Wildman–Crippen MR) is 105 cm³/mol. The minimum Gasteiger partial charge on any atom is -0.433 e. The number of rotatable bonds is 7. The molecule has 0 saturated heterocycles. The molecule has 0 N–H and O–H groups in total. The van der Waals surface area contributed by atoms with Gasteiger partial charge in [-0.1, -0.05) is 24.6 Å². The Morgan fingerprint density at radius 1 is 1.28 bits per heavy atom. The van der Waals surface area contributed by atoms with Crippen molar-refractivity contribution >= 4 is 28.9 Å². The van der Waals surface area contributed by atoms with Crippen molar-refractivity contribution in [3.05, 3.63) is 52.6 Å². The number of fused-ring (bicyclic) bond motifs is 1. The first-order valence-electron chi connectivity index (χ1n) is 8.86. The molecule has 1 heterocycles. The van der Waals surface area contributed by atoms with Gasteiger partial charge >= 0.3 is 6.61 Å². The number of aldehydes is 1. The molecule has 29 heavy (non-hydrogen) atoms. The second-order valence-corrected chi connectivity index (χ2v) is 7.02. The van der Waals surface area contributed by atoms with E-state index in [9.17, 15) is 13.6 Å². The average Bonchev–Trinajstić information content (AvgIpc) is 3.03. The number of nitrogens with zero attached hydrogens (tertiary/aromatic N) is 3. The number of aromatic nitrogens is 2. The summed E-state index contributed by atoms with van der Waals surface area (Å²) < 4.78 is 47.2. The van der Waals surface area contributed by atoms with Crippen LogP contribution in [-0.2, 0) is 0 Å². The van der Waals surface area contributed by atoms with Gasteiger partial charge in [-0.05, 0) is 44.8 Å². The molecule has 0 amide bonds. The van der Waals surface area contributed by atoms with Crippen LogP contribution in [0.25, 0.3) is 16.7 Å². The van der Waals surface area contributed by atoms with E-state index in [1.807, 2.05) is 25.9 Å². The van der Waals surface area contributed by atoms with Crippen molar-refractivity contribution in [3.63, 3.8) is 0 Å². The molecule has 0 bridgehead atoms. The number of carbonyl (C=O) groups excluding carboxylic acids is 1. The number of carbonyl (C=O) groups is 1. The summed E-state index contributed by atoms with van der Waals surface area (Å²) in [6, 6.07) is 6.77. The monoisotopic (exact) mass is 425 g/mol. The summed E-state index contributed by atoms with van der Waals surface area (Å²) in [5, 5.41) is -0.150. The molecule has 2 aromatic carbocycles. The van der Waals surface area contributed by atoms with Crippen LogP contribution >= 0.6 is 11.6 Å². The van der Waals surface area contributed by atoms with Gasteiger partial charge in [0.05, 0.1) is 16.6 Å². The van der Waals surface area contributed by atoms with E-state index in [0.29, 0.717) is 18.5 Å². The van der Waals surface area contributed by atoms with Gasteiger partial charge in [0.1, 0.15) is 17.0 Å². The van der Waals surface area contributed by atoms with Crippen LogP contribution in [0.5, 0.6) is 5.75 Å². The number of hydrogen-bond acceptors (Lipinski definition) is 4. The van der Waals surface area contributed by atoms with Crippen LogP contribution in [-0.4, -0.2) is 41.4 Å². The minimum atomic E-state index is -3.13. The first-order valence-corrected chi connectivity index (χ1v) is 9.24. The highest BCUT2D eigenvalue weighted by atomic mass is 35.5. The molecule has 9 heteroatoms. The SMILES string of the molecule is CCC(c1nc2ccc(Cl)c(F)c2n1-c1c(C=O)cccc1OC(F)F)N(C)C. The van der Waals surface area contributed by atoms with E-state index >= 15 is 4.39 Å². The molecule has 0 saturated carbocycles. The van der Waals surface area contributed by atoms with E-state index in [4.69, 9.17) is 11.6 Å². The summed E-state index contributed by atoms with van der Waals surface area (Å²) in [4.78, 5) is 18.1. The second kappa shape index (κ2) is 8.42. The lowest BCUT2D eigenvalue weighted by Crippen LogP contribution is -2.23. The van der Waals surface area contributed by atoms with E-state index in [1.165, 1.54) is 28.8 Å². The maximum atomic E-state index is 15.1. The Labute approximate surface area is 170 Å². The summed E-state index contributed by atoms with van der Waals surface area (Å²) in [7, 11) is 3.65. The normalized spacial score (nSPS) is 12.7. The summed E-state index contributed by atoms with van der Waals surface area (Å²) in [6.07, 6.45) is 1.10. The molecule has 1 atom stereocenters. The molecular formula is C20H19ClF3N3O2. The molecule has 0 aliphatic rings. The summed E-state index contributed by atoms with van der Waals surface area (Å²) in [5.74, 6) is -0.652. The van der Waals surface area contributed by atoms with Gasteiger partial charge in [0.2, 0.25) is 0 Å². The quantitative estimate of drug-likeness (QED) is 0.485. The third-order valence-corrected chi connectivity index (χ3v) is 4.93. The van der Waals surface area contributed by atoms with Crippen LogP contribution in [0.1, 0.15) is 35.6 Å². The highest BCUT2D eigenvalue weighted by Gasteiger charge is 2.28. The van der Waals surface area contributed by atoms with Crippen LogP contribution in [0.2, 0.25) is 5.02 Å². The molecule has 3 aromatic rings. The lowest BCUT2D eigenvalue weighted by molar-refractivity contribution is -0.0498. The predicted octanol–water partition coefficient (Wildman–Crippen LogP) is 5.24. The van der Waals surface area contributed by atoms with Crippen molar-refractivity contribution in [2.45, 2.75) is 26.0 Å². The van der Waals surface area contributed by atoms with E-state index in [0.717, 1.165) is 0 Å². The summed E-state index contributed by atoms with van der Waals surface area (Å²) in [5.41, 5.74) is 0.311. The standard InChI is InChI=1S/C20H19ClF3N3O2/c1-4-14(26(2)3)19-25-13-9-8-12(21)16(22)18(13)27(19)17-11(10-28)6-5-7-15(17)29-20(23)24/h5-10,14,20H,4H2,1-3H3. The topological polar surface area (TPSA) is 47.4 Å². The van der Waals surface area contributed by atoms with Crippen LogP contribution in [0.3, 0.4) is 0 Å². The second-order valence-electron chi connectivity index (χ2n) is 6.61. The smallest absolute Gasteiger partial charge is 0.387 e. The maximum Gasteiger partial charge on any atom is 0.387 e. The molecule has 5 nitrogen and oxygen atoms in total. The summed E-state index contributed by atoms with van der Waals surface area (Å²) >= 11 is 5.98.